The standard InChI is InChI=1S/C19H27NO5/c1-14(19(22)24-13-12-23-2)25-17-10-8-15(9-11-17)18(21)20-16-6-4-3-5-7-16/h8-11,14,16H,3-7,12-13H2,1-2H3,(H,20,21)/t14-/m0/s1. The fourth-order valence-electron chi connectivity index (χ4n) is 2.80. The molecule has 1 N–H and O–H groups in total. The van der Waals surface area contributed by atoms with Crippen molar-refractivity contribution in [3.05, 3.63) is 29.8 Å². The van der Waals surface area contributed by atoms with Crippen LogP contribution in [0.1, 0.15) is 49.4 Å². The summed E-state index contributed by atoms with van der Waals surface area (Å²) in [6, 6.07) is 7.06. The number of carbonyl (C=O) groups excluding carboxylic acids is 2. The Kier molecular flexibility index (Phi) is 7.73. The predicted molar refractivity (Wildman–Crippen MR) is 93.7 cm³/mol. The second-order valence-corrected chi connectivity index (χ2v) is 6.25. The highest BCUT2D eigenvalue weighted by molar-refractivity contribution is 5.94. The summed E-state index contributed by atoms with van der Waals surface area (Å²) in [5.74, 6) is 0.00653. The molecular formula is C19H27NO5. The van der Waals surface area contributed by atoms with Crippen LogP contribution in [0.15, 0.2) is 24.3 Å². The highest BCUT2D eigenvalue weighted by Crippen LogP contribution is 2.19. The Hall–Kier alpha value is -2.08. The number of ether oxygens (including phenoxy) is 3. The molecule has 6 heteroatoms. The van der Waals surface area contributed by atoms with Crippen molar-refractivity contribution in [2.24, 2.45) is 0 Å². The topological polar surface area (TPSA) is 73.9 Å². The maximum absolute atomic E-state index is 12.3. The Bertz CT molecular complexity index is 551. The molecule has 6 nitrogen and oxygen atoms in total. The smallest absolute Gasteiger partial charge is 0.347 e. The molecule has 1 fully saturated rings. The SMILES string of the molecule is COCCOC(=O)[C@H](C)Oc1ccc(C(=O)NC2CCCCC2)cc1. The maximum atomic E-state index is 12.3. The van der Waals surface area contributed by atoms with E-state index in [-0.39, 0.29) is 18.6 Å². The van der Waals surface area contributed by atoms with Crippen molar-refractivity contribution in [3.63, 3.8) is 0 Å². The second kappa shape index (κ2) is 10.0. The van der Waals surface area contributed by atoms with Crippen molar-refractivity contribution in [1.29, 1.82) is 0 Å². The zero-order valence-electron chi connectivity index (χ0n) is 15.0. The lowest BCUT2D eigenvalue weighted by Gasteiger charge is -2.22. The third-order valence-corrected chi connectivity index (χ3v) is 4.23. The summed E-state index contributed by atoms with van der Waals surface area (Å²) < 4.78 is 15.4. The van der Waals surface area contributed by atoms with Crippen LogP contribution in [-0.4, -0.2) is 44.3 Å². The maximum Gasteiger partial charge on any atom is 0.347 e. The molecule has 0 spiro atoms. The van der Waals surface area contributed by atoms with E-state index in [1.165, 1.54) is 19.3 Å². The van der Waals surface area contributed by atoms with Crippen LogP contribution in [0, 0.1) is 0 Å². The Morgan fingerprint density at radius 1 is 1.12 bits per heavy atom. The molecule has 1 aromatic carbocycles. The summed E-state index contributed by atoms with van der Waals surface area (Å²) in [5.41, 5.74) is 0.591. The molecule has 1 amide bonds. The minimum absolute atomic E-state index is 0.0644. The summed E-state index contributed by atoms with van der Waals surface area (Å²) in [6.45, 7) is 2.17. The highest BCUT2D eigenvalue weighted by Gasteiger charge is 2.18. The van der Waals surface area contributed by atoms with E-state index >= 15 is 0 Å². The van der Waals surface area contributed by atoms with Crippen LogP contribution < -0.4 is 10.1 Å². The predicted octanol–water partition coefficient (Wildman–Crippen LogP) is 2.71. The minimum atomic E-state index is -0.723. The number of nitrogens with one attached hydrogen (secondary N) is 1. The van der Waals surface area contributed by atoms with Gasteiger partial charge in [0.2, 0.25) is 0 Å². The molecule has 0 heterocycles. The van der Waals surface area contributed by atoms with Gasteiger partial charge in [0.25, 0.3) is 5.91 Å². The zero-order valence-corrected chi connectivity index (χ0v) is 15.0. The Labute approximate surface area is 148 Å². The van der Waals surface area contributed by atoms with E-state index in [1.807, 2.05) is 0 Å². The number of hydrogen-bond acceptors (Lipinski definition) is 5. The first-order chi connectivity index (χ1) is 12.1. The number of carbonyl (C=O) groups is 2. The third-order valence-electron chi connectivity index (χ3n) is 4.23. The summed E-state index contributed by atoms with van der Waals surface area (Å²) in [5, 5.41) is 3.08. The highest BCUT2D eigenvalue weighted by atomic mass is 16.6. The lowest BCUT2D eigenvalue weighted by Crippen LogP contribution is -2.36. The quantitative estimate of drug-likeness (QED) is 0.577. The van der Waals surface area contributed by atoms with Crippen LogP contribution in [0.3, 0.4) is 0 Å². The first kappa shape index (κ1) is 19.2. The zero-order chi connectivity index (χ0) is 18.1. The molecule has 1 aromatic rings. The molecule has 1 aliphatic rings. The van der Waals surface area contributed by atoms with Gasteiger partial charge in [-0.25, -0.2) is 4.79 Å². The number of amides is 1. The van der Waals surface area contributed by atoms with Gasteiger partial charge >= 0.3 is 5.97 Å². The number of rotatable bonds is 8. The fourth-order valence-corrected chi connectivity index (χ4v) is 2.80. The lowest BCUT2D eigenvalue weighted by molar-refractivity contribution is -0.152. The van der Waals surface area contributed by atoms with E-state index < -0.39 is 12.1 Å². The van der Waals surface area contributed by atoms with Crippen molar-refractivity contribution in [2.45, 2.75) is 51.2 Å². The van der Waals surface area contributed by atoms with Crippen molar-refractivity contribution < 1.29 is 23.8 Å². The van der Waals surface area contributed by atoms with Gasteiger partial charge in [-0.2, -0.15) is 0 Å². The van der Waals surface area contributed by atoms with E-state index in [9.17, 15) is 9.59 Å². The fraction of sp³-hybridized carbons (Fsp3) is 0.579. The summed E-state index contributed by atoms with van der Waals surface area (Å²) in [7, 11) is 1.54. The first-order valence-corrected chi connectivity index (χ1v) is 8.83. The van der Waals surface area contributed by atoms with E-state index in [2.05, 4.69) is 5.32 Å². The molecule has 0 aliphatic heterocycles. The van der Waals surface area contributed by atoms with E-state index in [0.29, 0.717) is 17.9 Å². The average molecular weight is 349 g/mol. The average Bonchev–Trinajstić information content (AvgIpc) is 2.63. The Balaban J connectivity index is 1.82. The molecule has 0 radical (unpaired) electrons. The van der Waals surface area contributed by atoms with Gasteiger partial charge in [0.05, 0.1) is 6.61 Å². The minimum Gasteiger partial charge on any atom is -0.479 e. The summed E-state index contributed by atoms with van der Waals surface area (Å²) in [4.78, 5) is 24.0. The molecule has 1 atom stereocenters. The number of benzene rings is 1. The van der Waals surface area contributed by atoms with Gasteiger partial charge in [0, 0.05) is 18.7 Å². The van der Waals surface area contributed by atoms with Crippen LogP contribution in [0.2, 0.25) is 0 Å². The molecule has 2 rings (SSSR count). The van der Waals surface area contributed by atoms with Gasteiger partial charge in [-0.3, -0.25) is 4.79 Å². The van der Waals surface area contributed by atoms with Crippen LogP contribution in [0.5, 0.6) is 5.75 Å². The third kappa shape index (κ3) is 6.38. The largest absolute Gasteiger partial charge is 0.479 e. The van der Waals surface area contributed by atoms with Gasteiger partial charge in [-0.15, -0.1) is 0 Å². The van der Waals surface area contributed by atoms with Crippen molar-refractivity contribution in [3.8, 4) is 5.75 Å². The van der Waals surface area contributed by atoms with Crippen molar-refractivity contribution >= 4 is 11.9 Å². The number of methoxy groups -OCH3 is 1. The van der Waals surface area contributed by atoms with Crippen LogP contribution in [-0.2, 0) is 14.3 Å². The summed E-state index contributed by atoms with van der Waals surface area (Å²) in [6.07, 6.45) is 4.99. The van der Waals surface area contributed by atoms with Gasteiger partial charge in [-0.1, -0.05) is 19.3 Å². The van der Waals surface area contributed by atoms with Crippen molar-refractivity contribution in [1.82, 2.24) is 5.32 Å². The van der Waals surface area contributed by atoms with E-state index in [0.717, 1.165) is 12.8 Å². The number of hydrogen-bond donors (Lipinski definition) is 1. The normalized spacial score (nSPS) is 16.1. The summed E-state index contributed by atoms with van der Waals surface area (Å²) >= 11 is 0. The van der Waals surface area contributed by atoms with Crippen molar-refractivity contribution in [2.75, 3.05) is 20.3 Å². The monoisotopic (exact) mass is 349 g/mol. The van der Waals surface area contributed by atoms with Gasteiger partial charge in [-0.05, 0) is 44.0 Å². The molecular weight excluding hydrogens is 322 g/mol. The molecule has 25 heavy (non-hydrogen) atoms. The molecule has 0 saturated heterocycles. The molecule has 138 valence electrons. The van der Waals surface area contributed by atoms with Crippen LogP contribution in [0.4, 0.5) is 0 Å². The van der Waals surface area contributed by atoms with Gasteiger partial charge in [0.1, 0.15) is 12.4 Å². The molecule has 0 unspecified atom stereocenters. The molecule has 0 bridgehead atoms. The second-order valence-electron chi connectivity index (χ2n) is 6.25. The van der Waals surface area contributed by atoms with E-state index in [4.69, 9.17) is 14.2 Å². The van der Waals surface area contributed by atoms with Gasteiger partial charge < -0.3 is 19.5 Å². The van der Waals surface area contributed by atoms with Crippen LogP contribution in [0.25, 0.3) is 0 Å². The lowest BCUT2D eigenvalue weighted by atomic mass is 9.95. The number of esters is 1. The van der Waals surface area contributed by atoms with E-state index in [1.54, 1.807) is 38.3 Å². The molecule has 1 aliphatic carbocycles. The van der Waals surface area contributed by atoms with Crippen LogP contribution >= 0.6 is 0 Å². The Morgan fingerprint density at radius 3 is 2.44 bits per heavy atom. The van der Waals surface area contributed by atoms with Gasteiger partial charge in [0.15, 0.2) is 6.10 Å². The molecule has 1 saturated carbocycles. The Morgan fingerprint density at radius 2 is 1.80 bits per heavy atom. The molecule has 0 aromatic heterocycles. The first-order valence-electron chi connectivity index (χ1n) is 8.83.